The number of carbonyl (C=O) groups is 1. The standard InChI is InChI=1S/C11H11N3OS/c1-2-10(15)14-11(16)13-9-6-4-3-5-8(9)7-12/h3-6H,2H2,1H3,(H2,13,14,15,16). The molecule has 16 heavy (non-hydrogen) atoms. The maximum atomic E-state index is 11.1. The summed E-state index contributed by atoms with van der Waals surface area (Å²) in [4.78, 5) is 11.1. The van der Waals surface area contributed by atoms with E-state index in [1.807, 2.05) is 6.07 Å². The lowest BCUT2D eigenvalue weighted by Gasteiger charge is -2.09. The van der Waals surface area contributed by atoms with Gasteiger partial charge in [0.25, 0.3) is 0 Å². The first kappa shape index (κ1) is 12.1. The lowest BCUT2D eigenvalue weighted by atomic mass is 10.2. The molecule has 0 atom stereocenters. The van der Waals surface area contributed by atoms with Crippen LogP contribution in [0.5, 0.6) is 0 Å². The Kier molecular flexibility index (Phi) is 4.42. The van der Waals surface area contributed by atoms with E-state index < -0.39 is 0 Å². The van der Waals surface area contributed by atoms with Crippen LogP contribution in [0.1, 0.15) is 18.9 Å². The van der Waals surface area contributed by atoms with E-state index in [-0.39, 0.29) is 11.0 Å². The number of para-hydroxylation sites is 1. The number of carbonyl (C=O) groups excluding carboxylic acids is 1. The van der Waals surface area contributed by atoms with Gasteiger partial charge in [0.1, 0.15) is 6.07 Å². The number of benzene rings is 1. The third-order valence-electron chi connectivity index (χ3n) is 1.87. The molecule has 1 rings (SSSR count). The number of amides is 1. The van der Waals surface area contributed by atoms with Crippen molar-refractivity contribution >= 4 is 28.9 Å². The quantitative estimate of drug-likeness (QED) is 0.764. The Balaban J connectivity index is 2.70. The molecule has 0 spiro atoms. The second kappa shape index (κ2) is 5.83. The highest BCUT2D eigenvalue weighted by Gasteiger charge is 2.04. The van der Waals surface area contributed by atoms with E-state index in [0.717, 1.165) is 0 Å². The molecule has 0 radical (unpaired) electrons. The monoisotopic (exact) mass is 233 g/mol. The van der Waals surface area contributed by atoms with Gasteiger partial charge in [0.05, 0.1) is 11.3 Å². The van der Waals surface area contributed by atoms with Crippen molar-refractivity contribution in [3.63, 3.8) is 0 Å². The number of nitriles is 1. The van der Waals surface area contributed by atoms with Gasteiger partial charge < -0.3 is 10.6 Å². The number of hydrogen-bond donors (Lipinski definition) is 2. The zero-order valence-corrected chi connectivity index (χ0v) is 9.60. The topological polar surface area (TPSA) is 64.9 Å². The molecule has 0 aliphatic heterocycles. The first-order valence-electron chi connectivity index (χ1n) is 4.77. The Hall–Kier alpha value is -1.93. The third kappa shape index (κ3) is 3.33. The van der Waals surface area contributed by atoms with Crippen LogP contribution in [0.2, 0.25) is 0 Å². The van der Waals surface area contributed by atoms with Crippen molar-refractivity contribution < 1.29 is 4.79 Å². The highest BCUT2D eigenvalue weighted by molar-refractivity contribution is 7.80. The zero-order valence-electron chi connectivity index (χ0n) is 8.78. The van der Waals surface area contributed by atoms with Crippen LogP contribution in [-0.2, 0) is 4.79 Å². The second-order valence-electron chi connectivity index (χ2n) is 3.01. The number of thiocarbonyl (C=S) groups is 1. The molecule has 1 amide bonds. The van der Waals surface area contributed by atoms with Crippen molar-refractivity contribution in [3.05, 3.63) is 29.8 Å². The van der Waals surface area contributed by atoms with Crippen LogP contribution in [-0.4, -0.2) is 11.0 Å². The number of anilines is 1. The molecule has 1 aromatic carbocycles. The summed E-state index contributed by atoms with van der Waals surface area (Å²) >= 11 is 4.93. The fourth-order valence-electron chi connectivity index (χ4n) is 1.06. The van der Waals surface area contributed by atoms with Gasteiger partial charge in [-0.2, -0.15) is 5.26 Å². The molecule has 0 aliphatic rings. The van der Waals surface area contributed by atoms with Gasteiger partial charge in [-0.3, -0.25) is 4.79 Å². The molecule has 0 fully saturated rings. The SMILES string of the molecule is CCC(=O)NC(=S)Nc1ccccc1C#N. The molecular formula is C11H11N3OS. The molecule has 2 N–H and O–H groups in total. The average molecular weight is 233 g/mol. The molecule has 0 aromatic heterocycles. The number of nitrogens with zero attached hydrogens (tertiary/aromatic N) is 1. The minimum absolute atomic E-state index is 0.160. The Morgan fingerprint density at radius 3 is 2.81 bits per heavy atom. The van der Waals surface area contributed by atoms with Gasteiger partial charge in [-0.1, -0.05) is 19.1 Å². The Labute approximate surface area is 99.3 Å². The summed E-state index contributed by atoms with van der Waals surface area (Å²) in [7, 11) is 0. The fourth-order valence-corrected chi connectivity index (χ4v) is 1.28. The first-order valence-corrected chi connectivity index (χ1v) is 5.18. The van der Waals surface area contributed by atoms with E-state index >= 15 is 0 Å². The molecular weight excluding hydrogens is 222 g/mol. The normalized spacial score (nSPS) is 9.00. The maximum Gasteiger partial charge on any atom is 0.225 e. The van der Waals surface area contributed by atoms with Gasteiger partial charge >= 0.3 is 0 Å². The van der Waals surface area contributed by atoms with E-state index in [4.69, 9.17) is 17.5 Å². The molecule has 0 saturated heterocycles. The molecule has 5 heteroatoms. The minimum atomic E-state index is -0.160. The summed E-state index contributed by atoms with van der Waals surface area (Å²) in [5, 5.41) is 14.3. The van der Waals surface area contributed by atoms with Gasteiger partial charge in [0, 0.05) is 6.42 Å². The van der Waals surface area contributed by atoms with Crippen LogP contribution in [0.3, 0.4) is 0 Å². The fraction of sp³-hybridized carbons (Fsp3) is 0.182. The Morgan fingerprint density at radius 2 is 2.19 bits per heavy atom. The lowest BCUT2D eigenvalue weighted by molar-refractivity contribution is -0.119. The van der Waals surface area contributed by atoms with Crippen LogP contribution in [0.25, 0.3) is 0 Å². The van der Waals surface area contributed by atoms with Gasteiger partial charge in [-0.05, 0) is 24.4 Å². The molecule has 4 nitrogen and oxygen atoms in total. The van der Waals surface area contributed by atoms with Crippen molar-refractivity contribution in [2.45, 2.75) is 13.3 Å². The predicted octanol–water partition coefficient (Wildman–Crippen LogP) is 1.78. The van der Waals surface area contributed by atoms with Gasteiger partial charge in [0.2, 0.25) is 5.91 Å². The third-order valence-corrected chi connectivity index (χ3v) is 2.07. The van der Waals surface area contributed by atoms with Crippen molar-refractivity contribution in [3.8, 4) is 6.07 Å². The van der Waals surface area contributed by atoms with Crippen LogP contribution >= 0.6 is 12.2 Å². The molecule has 82 valence electrons. The largest absolute Gasteiger partial charge is 0.331 e. The summed E-state index contributed by atoms with van der Waals surface area (Å²) in [5.74, 6) is -0.160. The molecule has 0 aliphatic carbocycles. The lowest BCUT2D eigenvalue weighted by Crippen LogP contribution is -2.33. The van der Waals surface area contributed by atoms with E-state index in [9.17, 15) is 4.79 Å². The van der Waals surface area contributed by atoms with Crippen LogP contribution in [0.4, 0.5) is 5.69 Å². The highest BCUT2D eigenvalue weighted by atomic mass is 32.1. The van der Waals surface area contributed by atoms with E-state index in [0.29, 0.717) is 17.7 Å². The van der Waals surface area contributed by atoms with Crippen LogP contribution in [0.15, 0.2) is 24.3 Å². The van der Waals surface area contributed by atoms with Crippen LogP contribution < -0.4 is 10.6 Å². The van der Waals surface area contributed by atoms with Gasteiger partial charge in [0.15, 0.2) is 5.11 Å². The summed E-state index contributed by atoms with van der Waals surface area (Å²) in [5.41, 5.74) is 1.07. The van der Waals surface area contributed by atoms with Crippen molar-refractivity contribution in [2.24, 2.45) is 0 Å². The van der Waals surface area contributed by atoms with E-state index in [2.05, 4.69) is 10.6 Å². The summed E-state index contributed by atoms with van der Waals surface area (Å²) in [6.07, 6.45) is 0.363. The van der Waals surface area contributed by atoms with Crippen molar-refractivity contribution in [2.75, 3.05) is 5.32 Å². The van der Waals surface area contributed by atoms with E-state index in [1.54, 1.807) is 31.2 Å². The first-order chi connectivity index (χ1) is 7.67. The average Bonchev–Trinajstić information content (AvgIpc) is 2.29. The second-order valence-corrected chi connectivity index (χ2v) is 3.42. The van der Waals surface area contributed by atoms with E-state index in [1.165, 1.54) is 0 Å². The van der Waals surface area contributed by atoms with Crippen molar-refractivity contribution in [1.82, 2.24) is 5.32 Å². The number of nitrogens with one attached hydrogen (secondary N) is 2. The zero-order chi connectivity index (χ0) is 12.0. The molecule has 0 saturated carbocycles. The van der Waals surface area contributed by atoms with Gasteiger partial charge in [-0.25, -0.2) is 0 Å². The summed E-state index contributed by atoms with van der Waals surface area (Å²) < 4.78 is 0. The number of rotatable bonds is 2. The number of hydrogen-bond acceptors (Lipinski definition) is 3. The molecule has 0 heterocycles. The minimum Gasteiger partial charge on any atom is -0.331 e. The molecule has 1 aromatic rings. The summed E-state index contributed by atoms with van der Waals surface area (Å²) in [6, 6.07) is 8.98. The Morgan fingerprint density at radius 1 is 1.50 bits per heavy atom. The molecule has 0 unspecified atom stereocenters. The van der Waals surface area contributed by atoms with Crippen LogP contribution in [0, 0.1) is 11.3 Å². The van der Waals surface area contributed by atoms with Gasteiger partial charge in [-0.15, -0.1) is 0 Å². The smallest absolute Gasteiger partial charge is 0.225 e. The predicted molar refractivity (Wildman–Crippen MR) is 65.8 cm³/mol. The highest BCUT2D eigenvalue weighted by Crippen LogP contribution is 2.12. The maximum absolute atomic E-state index is 11.1. The summed E-state index contributed by atoms with van der Waals surface area (Å²) in [6.45, 7) is 1.74. The molecule has 0 bridgehead atoms. The Bertz CT molecular complexity index is 451. The van der Waals surface area contributed by atoms with Crippen molar-refractivity contribution in [1.29, 1.82) is 5.26 Å².